The van der Waals surface area contributed by atoms with Crippen LogP contribution in [0.1, 0.15) is 22.8 Å². The highest BCUT2D eigenvalue weighted by atomic mass is 79.9. The Bertz CT molecular complexity index is 831. The van der Waals surface area contributed by atoms with Crippen molar-refractivity contribution < 1.29 is 9.59 Å². The van der Waals surface area contributed by atoms with Crippen LogP contribution in [0, 0.1) is 0 Å². The minimum Gasteiger partial charge on any atom is -0.378 e. The number of amides is 2. The molecule has 1 aliphatic heterocycles. The van der Waals surface area contributed by atoms with E-state index in [9.17, 15) is 9.59 Å². The number of nitrogens with zero attached hydrogens (tertiary/aromatic N) is 2. The van der Waals surface area contributed by atoms with Crippen molar-refractivity contribution in [1.29, 1.82) is 0 Å². The zero-order chi connectivity index (χ0) is 18.1. The SMILES string of the molecule is CC(=O)N1CCc2cc(Br)cc(NC(=O)c3ccc(N(C)C)cc3)c21. The minimum atomic E-state index is -0.194. The molecular weight excluding hydrogens is 382 g/mol. The summed E-state index contributed by atoms with van der Waals surface area (Å²) >= 11 is 3.48. The van der Waals surface area contributed by atoms with Crippen LogP contribution in [0.25, 0.3) is 0 Å². The van der Waals surface area contributed by atoms with E-state index in [1.54, 1.807) is 24.0 Å². The van der Waals surface area contributed by atoms with Gasteiger partial charge < -0.3 is 15.1 Å². The number of hydrogen-bond acceptors (Lipinski definition) is 3. The van der Waals surface area contributed by atoms with E-state index in [1.165, 1.54) is 0 Å². The van der Waals surface area contributed by atoms with Gasteiger partial charge in [0.1, 0.15) is 0 Å². The van der Waals surface area contributed by atoms with Gasteiger partial charge in [-0.25, -0.2) is 0 Å². The molecule has 1 aliphatic rings. The van der Waals surface area contributed by atoms with Crippen molar-refractivity contribution in [3.63, 3.8) is 0 Å². The first-order valence-corrected chi connectivity index (χ1v) is 8.85. The van der Waals surface area contributed by atoms with Gasteiger partial charge in [-0.1, -0.05) is 15.9 Å². The third-order valence-corrected chi connectivity index (χ3v) is 4.76. The summed E-state index contributed by atoms with van der Waals surface area (Å²) in [6.07, 6.45) is 0.786. The standard InChI is InChI=1S/C19H20BrN3O2/c1-12(24)23-9-8-14-10-15(20)11-17(18(14)23)21-19(25)13-4-6-16(7-5-13)22(2)3/h4-7,10-11H,8-9H2,1-3H3,(H,21,25). The van der Waals surface area contributed by atoms with Crippen LogP contribution in [0.3, 0.4) is 0 Å². The zero-order valence-corrected chi connectivity index (χ0v) is 16.1. The topological polar surface area (TPSA) is 52.7 Å². The van der Waals surface area contributed by atoms with Gasteiger partial charge in [0.25, 0.3) is 5.91 Å². The fourth-order valence-electron chi connectivity index (χ4n) is 3.02. The number of halogens is 1. The van der Waals surface area contributed by atoms with Crippen LogP contribution in [-0.2, 0) is 11.2 Å². The van der Waals surface area contributed by atoms with Gasteiger partial charge in [0.15, 0.2) is 0 Å². The predicted octanol–water partition coefficient (Wildman–Crippen LogP) is 3.68. The normalized spacial score (nSPS) is 12.7. The van der Waals surface area contributed by atoms with E-state index in [1.807, 2.05) is 43.3 Å². The van der Waals surface area contributed by atoms with E-state index in [0.717, 1.165) is 27.8 Å². The predicted molar refractivity (Wildman–Crippen MR) is 105 cm³/mol. The van der Waals surface area contributed by atoms with E-state index in [-0.39, 0.29) is 11.8 Å². The fraction of sp³-hybridized carbons (Fsp3) is 0.263. The molecule has 3 rings (SSSR count). The van der Waals surface area contributed by atoms with Gasteiger partial charge in [-0.2, -0.15) is 0 Å². The summed E-state index contributed by atoms with van der Waals surface area (Å²) in [7, 11) is 3.91. The molecule has 2 aromatic carbocycles. The van der Waals surface area contributed by atoms with Crippen LogP contribution in [0.5, 0.6) is 0 Å². The first-order chi connectivity index (χ1) is 11.9. The fourth-order valence-corrected chi connectivity index (χ4v) is 3.53. The number of carbonyl (C=O) groups is 2. The van der Waals surface area contributed by atoms with E-state index < -0.39 is 0 Å². The lowest BCUT2D eigenvalue weighted by atomic mass is 10.1. The summed E-state index contributed by atoms with van der Waals surface area (Å²) < 4.78 is 0.884. The third kappa shape index (κ3) is 3.54. The Kier molecular flexibility index (Phi) is 4.81. The third-order valence-electron chi connectivity index (χ3n) is 4.30. The maximum Gasteiger partial charge on any atom is 0.255 e. The van der Waals surface area contributed by atoms with Gasteiger partial charge in [0.2, 0.25) is 5.91 Å². The largest absolute Gasteiger partial charge is 0.378 e. The maximum atomic E-state index is 12.6. The molecule has 5 nitrogen and oxygen atoms in total. The van der Waals surface area contributed by atoms with Crippen molar-refractivity contribution in [3.8, 4) is 0 Å². The Morgan fingerprint density at radius 3 is 2.44 bits per heavy atom. The van der Waals surface area contributed by atoms with Gasteiger partial charge in [-0.15, -0.1) is 0 Å². The van der Waals surface area contributed by atoms with Crippen molar-refractivity contribution in [1.82, 2.24) is 0 Å². The minimum absolute atomic E-state index is 0.0214. The van der Waals surface area contributed by atoms with E-state index in [2.05, 4.69) is 21.2 Å². The van der Waals surface area contributed by atoms with Gasteiger partial charge in [0, 0.05) is 43.3 Å². The number of benzene rings is 2. The lowest BCUT2D eigenvalue weighted by molar-refractivity contribution is -0.116. The molecule has 0 aliphatic carbocycles. The van der Waals surface area contributed by atoms with Gasteiger partial charge in [-0.3, -0.25) is 9.59 Å². The van der Waals surface area contributed by atoms with Crippen LogP contribution in [-0.4, -0.2) is 32.5 Å². The molecule has 130 valence electrons. The molecule has 0 saturated carbocycles. The Morgan fingerprint density at radius 1 is 1.16 bits per heavy atom. The molecule has 0 spiro atoms. The van der Waals surface area contributed by atoms with Crippen LogP contribution in [0.15, 0.2) is 40.9 Å². The van der Waals surface area contributed by atoms with Gasteiger partial charge in [0.05, 0.1) is 11.4 Å². The average Bonchev–Trinajstić information content (AvgIpc) is 2.99. The van der Waals surface area contributed by atoms with E-state index in [4.69, 9.17) is 0 Å². The quantitative estimate of drug-likeness (QED) is 0.853. The highest BCUT2D eigenvalue weighted by molar-refractivity contribution is 9.10. The second-order valence-electron chi connectivity index (χ2n) is 6.28. The zero-order valence-electron chi connectivity index (χ0n) is 14.5. The summed E-state index contributed by atoms with van der Waals surface area (Å²) in [5.74, 6) is -0.215. The van der Waals surface area contributed by atoms with Crippen LogP contribution in [0.2, 0.25) is 0 Å². The number of rotatable bonds is 3. The second kappa shape index (κ2) is 6.88. The molecule has 0 bridgehead atoms. The summed E-state index contributed by atoms with van der Waals surface area (Å²) in [6, 6.07) is 11.2. The monoisotopic (exact) mass is 401 g/mol. The number of anilines is 3. The van der Waals surface area contributed by atoms with E-state index >= 15 is 0 Å². The molecule has 2 aromatic rings. The first-order valence-electron chi connectivity index (χ1n) is 8.06. The first kappa shape index (κ1) is 17.5. The number of hydrogen-bond donors (Lipinski definition) is 1. The van der Waals surface area contributed by atoms with Crippen molar-refractivity contribution in [3.05, 3.63) is 52.0 Å². The molecule has 0 radical (unpaired) electrons. The lowest BCUT2D eigenvalue weighted by Crippen LogP contribution is -2.27. The molecule has 0 aromatic heterocycles. The molecule has 1 heterocycles. The average molecular weight is 402 g/mol. The molecule has 2 amide bonds. The Labute approximate surface area is 155 Å². The van der Waals surface area contributed by atoms with Crippen LogP contribution >= 0.6 is 15.9 Å². The van der Waals surface area contributed by atoms with Gasteiger partial charge >= 0.3 is 0 Å². The molecular formula is C19H20BrN3O2. The smallest absolute Gasteiger partial charge is 0.255 e. The van der Waals surface area contributed by atoms with Crippen LogP contribution in [0.4, 0.5) is 17.1 Å². The molecule has 6 heteroatoms. The lowest BCUT2D eigenvalue weighted by Gasteiger charge is -2.19. The highest BCUT2D eigenvalue weighted by Crippen LogP contribution is 2.38. The summed E-state index contributed by atoms with van der Waals surface area (Å²) in [6.45, 7) is 2.18. The van der Waals surface area contributed by atoms with Crippen molar-refractivity contribution in [2.24, 2.45) is 0 Å². The maximum absolute atomic E-state index is 12.6. The van der Waals surface area contributed by atoms with E-state index in [0.29, 0.717) is 17.8 Å². The van der Waals surface area contributed by atoms with Crippen molar-refractivity contribution in [2.45, 2.75) is 13.3 Å². The summed E-state index contributed by atoms with van der Waals surface area (Å²) in [4.78, 5) is 28.2. The highest BCUT2D eigenvalue weighted by Gasteiger charge is 2.26. The Morgan fingerprint density at radius 2 is 1.84 bits per heavy atom. The summed E-state index contributed by atoms with van der Waals surface area (Å²) in [5, 5.41) is 2.96. The number of nitrogens with one attached hydrogen (secondary N) is 1. The molecule has 0 saturated heterocycles. The molecule has 25 heavy (non-hydrogen) atoms. The Hall–Kier alpha value is -2.34. The second-order valence-corrected chi connectivity index (χ2v) is 7.19. The van der Waals surface area contributed by atoms with Gasteiger partial charge in [-0.05, 0) is 48.4 Å². The molecule has 0 fully saturated rings. The van der Waals surface area contributed by atoms with Crippen LogP contribution < -0.4 is 15.1 Å². The number of carbonyl (C=O) groups excluding carboxylic acids is 2. The molecule has 0 atom stereocenters. The summed E-state index contributed by atoms with van der Waals surface area (Å²) in [5.41, 5.74) is 4.12. The van der Waals surface area contributed by atoms with Crippen molar-refractivity contribution in [2.75, 3.05) is 35.8 Å². The Balaban J connectivity index is 1.90. The molecule has 1 N–H and O–H groups in total. The number of fused-ring (bicyclic) bond motifs is 1. The van der Waals surface area contributed by atoms with Crippen molar-refractivity contribution >= 4 is 44.8 Å². The molecule has 0 unspecified atom stereocenters.